The second-order valence-corrected chi connectivity index (χ2v) is 8.82. The number of aromatic nitrogens is 1. The Bertz CT molecular complexity index is 786. The third-order valence-electron chi connectivity index (χ3n) is 6.74. The van der Waals surface area contributed by atoms with Crippen LogP contribution in [0.5, 0.6) is 0 Å². The summed E-state index contributed by atoms with van der Waals surface area (Å²) in [6.07, 6.45) is 12.3. The molecule has 1 aromatic heterocycles. The normalized spacial score (nSPS) is 21.3. The zero-order valence-corrected chi connectivity index (χ0v) is 16.0. The van der Waals surface area contributed by atoms with E-state index >= 15 is 0 Å². The molecule has 2 nitrogen and oxygen atoms in total. The molecular formula is C20H24BBrN2. The highest BCUT2D eigenvalue weighted by atomic mass is 79.9. The standard InChI is InChI=1S/C20H24BBrN2/c1-15-17-6-13-24(19(17)3-2-18(15)22)16-4-7-20(8-5-16)9-11-21(14-23)12-10-20/h2-3,6,13,16H,4-5,7-12H2,1H3. The van der Waals surface area contributed by atoms with E-state index in [9.17, 15) is 0 Å². The molecule has 4 heteroatoms. The topological polar surface area (TPSA) is 28.7 Å². The Morgan fingerprint density at radius 2 is 1.88 bits per heavy atom. The van der Waals surface area contributed by atoms with Gasteiger partial charge in [0.05, 0.1) is 0 Å². The molecule has 0 atom stereocenters. The van der Waals surface area contributed by atoms with E-state index in [-0.39, 0.29) is 0 Å². The fraction of sp³-hybridized carbons (Fsp3) is 0.550. The predicted molar refractivity (Wildman–Crippen MR) is 105 cm³/mol. The highest BCUT2D eigenvalue weighted by Gasteiger charge is 2.40. The van der Waals surface area contributed by atoms with Gasteiger partial charge in [0.15, 0.2) is 0 Å². The lowest BCUT2D eigenvalue weighted by atomic mass is 9.38. The van der Waals surface area contributed by atoms with E-state index in [1.165, 1.54) is 59.5 Å². The lowest BCUT2D eigenvalue weighted by molar-refractivity contribution is 0.134. The van der Waals surface area contributed by atoms with Crippen molar-refractivity contribution in [3.63, 3.8) is 0 Å². The minimum atomic E-state index is 0.322. The van der Waals surface area contributed by atoms with Gasteiger partial charge in [-0.1, -0.05) is 41.4 Å². The lowest BCUT2D eigenvalue weighted by Crippen LogP contribution is -2.34. The summed E-state index contributed by atoms with van der Waals surface area (Å²) >= 11 is 3.65. The van der Waals surface area contributed by atoms with Crippen LogP contribution in [-0.2, 0) is 0 Å². The number of fused-ring (bicyclic) bond motifs is 1. The van der Waals surface area contributed by atoms with Crippen molar-refractivity contribution in [3.8, 4) is 5.97 Å². The second kappa shape index (κ2) is 6.26. The molecule has 1 spiro atoms. The Labute approximate surface area is 153 Å². The molecule has 1 aliphatic heterocycles. The zero-order valence-electron chi connectivity index (χ0n) is 14.4. The summed E-state index contributed by atoms with van der Waals surface area (Å²) in [5.74, 6) is 2.48. The summed E-state index contributed by atoms with van der Waals surface area (Å²) < 4.78 is 3.72. The average molecular weight is 383 g/mol. The van der Waals surface area contributed by atoms with E-state index in [1.807, 2.05) is 0 Å². The van der Waals surface area contributed by atoms with Crippen LogP contribution < -0.4 is 0 Å². The number of rotatable bonds is 1. The molecule has 0 N–H and O–H groups in total. The molecule has 0 radical (unpaired) electrons. The average Bonchev–Trinajstić information content (AvgIpc) is 3.04. The molecule has 0 bridgehead atoms. The third kappa shape index (κ3) is 2.71. The van der Waals surface area contributed by atoms with Gasteiger partial charge >= 0.3 is 0 Å². The van der Waals surface area contributed by atoms with Gasteiger partial charge in [-0.2, -0.15) is 0 Å². The Balaban J connectivity index is 1.51. The molecule has 24 heavy (non-hydrogen) atoms. The Kier molecular flexibility index (Phi) is 4.25. The summed E-state index contributed by atoms with van der Waals surface area (Å²) in [7, 11) is 0. The van der Waals surface area contributed by atoms with Gasteiger partial charge in [0.1, 0.15) is 0 Å². The van der Waals surface area contributed by atoms with Crippen LogP contribution in [-0.4, -0.2) is 11.3 Å². The summed E-state index contributed by atoms with van der Waals surface area (Å²) in [4.78, 5) is 0. The van der Waals surface area contributed by atoms with Gasteiger partial charge in [0, 0.05) is 33.6 Å². The monoisotopic (exact) mass is 382 g/mol. The van der Waals surface area contributed by atoms with Crippen LogP contribution >= 0.6 is 15.9 Å². The second-order valence-electron chi connectivity index (χ2n) is 7.96. The fourth-order valence-electron chi connectivity index (χ4n) is 5.03. The van der Waals surface area contributed by atoms with Gasteiger partial charge in [-0.15, -0.1) is 0 Å². The Morgan fingerprint density at radius 3 is 2.54 bits per heavy atom. The van der Waals surface area contributed by atoms with E-state index in [1.54, 1.807) is 0 Å². The number of halogens is 1. The fourth-order valence-corrected chi connectivity index (χ4v) is 5.37. The maximum absolute atomic E-state index is 9.13. The van der Waals surface area contributed by atoms with Crippen molar-refractivity contribution in [2.45, 2.75) is 64.1 Å². The van der Waals surface area contributed by atoms with Gasteiger partial charge in [0.2, 0.25) is 0 Å². The van der Waals surface area contributed by atoms with Crippen LogP contribution in [0.1, 0.15) is 50.1 Å². The maximum Gasteiger partial charge on any atom is 0.267 e. The van der Waals surface area contributed by atoms with Crippen LogP contribution in [0.4, 0.5) is 0 Å². The van der Waals surface area contributed by atoms with Crippen molar-refractivity contribution in [2.24, 2.45) is 5.41 Å². The molecule has 4 rings (SSSR count). The third-order valence-corrected chi connectivity index (χ3v) is 7.60. The Morgan fingerprint density at radius 1 is 1.17 bits per heavy atom. The molecule has 124 valence electrons. The number of nitriles is 1. The molecule has 0 amide bonds. The molecule has 1 aromatic carbocycles. The number of benzene rings is 1. The molecule has 2 aromatic rings. The zero-order chi connectivity index (χ0) is 16.7. The minimum absolute atomic E-state index is 0.322. The van der Waals surface area contributed by atoms with Gasteiger partial charge in [-0.3, -0.25) is 0 Å². The van der Waals surface area contributed by atoms with Crippen molar-refractivity contribution in [1.29, 1.82) is 5.26 Å². The number of aryl methyl sites for hydroxylation is 1. The van der Waals surface area contributed by atoms with Gasteiger partial charge in [-0.05, 0) is 61.8 Å². The molecule has 2 fully saturated rings. The minimum Gasteiger partial charge on any atom is -0.344 e. The van der Waals surface area contributed by atoms with Gasteiger partial charge in [0.25, 0.3) is 6.71 Å². The van der Waals surface area contributed by atoms with Crippen molar-refractivity contribution in [2.75, 3.05) is 0 Å². The van der Waals surface area contributed by atoms with E-state index in [0.29, 0.717) is 18.2 Å². The highest BCUT2D eigenvalue weighted by Crippen LogP contribution is 2.50. The van der Waals surface area contributed by atoms with Crippen LogP contribution in [0, 0.1) is 23.6 Å². The van der Waals surface area contributed by atoms with Crippen LogP contribution in [0.3, 0.4) is 0 Å². The highest BCUT2D eigenvalue weighted by molar-refractivity contribution is 9.10. The van der Waals surface area contributed by atoms with Crippen LogP contribution in [0.2, 0.25) is 12.6 Å². The van der Waals surface area contributed by atoms with Crippen molar-refractivity contribution in [3.05, 3.63) is 34.4 Å². The molecule has 2 heterocycles. The van der Waals surface area contributed by atoms with Crippen LogP contribution in [0.25, 0.3) is 10.9 Å². The molecule has 0 unspecified atom stereocenters. The lowest BCUT2D eigenvalue weighted by Gasteiger charge is -2.44. The van der Waals surface area contributed by atoms with Crippen LogP contribution in [0.15, 0.2) is 28.9 Å². The first-order valence-electron chi connectivity index (χ1n) is 9.27. The quantitative estimate of drug-likeness (QED) is 0.542. The van der Waals surface area contributed by atoms with E-state index in [0.717, 1.165) is 12.6 Å². The maximum atomic E-state index is 9.13. The smallest absolute Gasteiger partial charge is 0.267 e. The van der Waals surface area contributed by atoms with Crippen molar-refractivity contribution in [1.82, 2.24) is 4.57 Å². The number of hydrogen-bond donors (Lipinski definition) is 0. The van der Waals surface area contributed by atoms with Gasteiger partial charge in [-0.25, -0.2) is 5.26 Å². The summed E-state index contributed by atoms with van der Waals surface area (Å²) in [6, 6.07) is 7.36. The van der Waals surface area contributed by atoms with E-state index in [2.05, 4.69) is 57.8 Å². The predicted octanol–water partition coefficient (Wildman–Crippen LogP) is 6.17. The first-order chi connectivity index (χ1) is 11.6. The first kappa shape index (κ1) is 16.3. The summed E-state index contributed by atoms with van der Waals surface area (Å²) in [5.41, 5.74) is 3.27. The molecular weight excluding hydrogens is 359 g/mol. The number of hydrogen-bond acceptors (Lipinski definition) is 1. The van der Waals surface area contributed by atoms with Gasteiger partial charge < -0.3 is 4.57 Å². The van der Waals surface area contributed by atoms with E-state index < -0.39 is 0 Å². The largest absolute Gasteiger partial charge is 0.344 e. The van der Waals surface area contributed by atoms with Crippen molar-refractivity contribution < 1.29 is 0 Å². The Hall–Kier alpha value is -1.21. The van der Waals surface area contributed by atoms with Crippen molar-refractivity contribution >= 4 is 33.5 Å². The molecule has 1 aliphatic carbocycles. The number of nitrogens with zero attached hydrogens (tertiary/aromatic N) is 2. The summed E-state index contributed by atoms with van der Waals surface area (Å²) in [5, 5.41) is 10.5. The SMILES string of the molecule is Cc1c(Br)ccc2c1ccn2C1CCC2(CCB(C#N)CC2)CC1. The molecule has 1 saturated carbocycles. The first-order valence-corrected chi connectivity index (χ1v) is 10.1. The van der Waals surface area contributed by atoms with E-state index in [4.69, 9.17) is 5.26 Å². The molecule has 2 aliphatic rings. The molecule has 1 saturated heterocycles. The summed E-state index contributed by atoms with van der Waals surface area (Å²) in [6.45, 7) is 2.52.